The molecule has 1 aliphatic heterocycles. The van der Waals surface area contributed by atoms with Gasteiger partial charge >= 0.3 is 5.63 Å². The largest absolute Gasteiger partial charge is 0.486 e. The fourth-order valence-electron chi connectivity index (χ4n) is 1.68. The van der Waals surface area contributed by atoms with Gasteiger partial charge in [-0.3, -0.25) is 4.79 Å². The van der Waals surface area contributed by atoms with Gasteiger partial charge in [0, 0.05) is 6.07 Å². The fraction of sp³-hybridized carbons (Fsp3) is 0.333. The molecule has 0 radical (unpaired) electrons. The molecule has 0 aromatic carbocycles. The highest BCUT2D eigenvalue weighted by atomic mass is 16.5. The Hall–Kier alpha value is -1.88. The molecule has 1 aromatic rings. The molecule has 1 aromatic heterocycles. The van der Waals surface area contributed by atoms with Gasteiger partial charge in [-0.15, -0.1) is 0 Å². The van der Waals surface area contributed by atoms with Crippen LogP contribution in [0, 0.1) is 0 Å². The normalized spacial score (nSPS) is 23.6. The fourth-order valence-corrected chi connectivity index (χ4v) is 1.68. The molecule has 17 heavy (non-hydrogen) atoms. The molecule has 0 amide bonds. The summed E-state index contributed by atoms with van der Waals surface area (Å²) in [6.45, 7) is 3.34. The maximum Gasteiger partial charge on any atom is 0.351 e. The molecule has 5 heteroatoms. The molecule has 2 rings (SSSR count). The summed E-state index contributed by atoms with van der Waals surface area (Å²) in [6.07, 6.45) is 1.30. The number of carbonyl (C=O) groups excluding carboxylic acids is 1. The summed E-state index contributed by atoms with van der Waals surface area (Å²) in [5.74, 6) is -0.177. The van der Waals surface area contributed by atoms with E-state index >= 15 is 0 Å². The molecule has 1 N–H and O–H groups in total. The molecule has 0 spiro atoms. The smallest absolute Gasteiger partial charge is 0.351 e. The highest BCUT2D eigenvalue weighted by Gasteiger charge is 2.36. The number of aliphatic hydroxyl groups excluding tert-OH is 1. The van der Waals surface area contributed by atoms with Crippen molar-refractivity contribution < 1.29 is 19.1 Å². The molecule has 0 unspecified atom stereocenters. The number of rotatable bonds is 1. The minimum absolute atomic E-state index is 0.164. The minimum Gasteiger partial charge on any atom is -0.486 e. The number of hydrogen-bond acceptors (Lipinski definition) is 5. The summed E-state index contributed by atoms with van der Waals surface area (Å²) in [4.78, 5) is 23.3. The van der Waals surface area contributed by atoms with Crippen molar-refractivity contribution in [1.82, 2.24) is 0 Å². The molecule has 1 aliphatic rings. The zero-order chi connectivity index (χ0) is 12.6. The Morgan fingerprint density at radius 1 is 1.41 bits per heavy atom. The summed E-state index contributed by atoms with van der Waals surface area (Å²) in [7, 11) is 0. The number of hydrogen-bond donors (Lipinski definition) is 1. The van der Waals surface area contributed by atoms with Crippen molar-refractivity contribution in [2.45, 2.75) is 26.1 Å². The van der Waals surface area contributed by atoms with Crippen LogP contribution in [0.1, 0.15) is 30.0 Å². The van der Waals surface area contributed by atoms with Gasteiger partial charge in [0.25, 0.3) is 0 Å². The van der Waals surface area contributed by atoms with Crippen LogP contribution in [0.25, 0.3) is 6.08 Å². The van der Waals surface area contributed by atoms with Crippen LogP contribution in [0.5, 0.6) is 5.75 Å². The van der Waals surface area contributed by atoms with E-state index in [0.29, 0.717) is 5.76 Å². The third kappa shape index (κ3) is 1.89. The predicted octanol–water partition coefficient (Wildman–Crippen LogP) is 0.997. The summed E-state index contributed by atoms with van der Waals surface area (Å²) < 4.78 is 10.2. The highest BCUT2D eigenvalue weighted by molar-refractivity contribution is 6.02. The van der Waals surface area contributed by atoms with Crippen LogP contribution in [-0.4, -0.2) is 23.1 Å². The van der Waals surface area contributed by atoms with Gasteiger partial charge in [0.05, 0.1) is 0 Å². The average Bonchev–Trinajstić information content (AvgIpc) is 2.25. The molecule has 90 valence electrons. The van der Waals surface area contributed by atoms with Crippen LogP contribution < -0.4 is 10.4 Å². The van der Waals surface area contributed by atoms with E-state index in [-0.39, 0.29) is 11.3 Å². The Bertz CT molecular complexity index is 540. The lowest BCUT2D eigenvalue weighted by molar-refractivity contribution is 0.0280. The molecule has 0 fully saturated rings. The molecule has 2 heterocycles. The standard InChI is InChI=1S/C12H12O5/c1-3-4-7-5-8-9(12(15)17-7)11(14)10(13)6(2)16-8/h3-6,10,13H,1-2H3/b4-3+/t6-,10-/m0/s1. The number of carbonyl (C=O) groups is 1. The van der Waals surface area contributed by atoms with E-state index in [1.165, 1.54) is 6.07 Å². The van der Waals surface area contributed by atoms with E-state index in [1.54, 1.807) is 26.0 Å². The lowest BCUT2D eigenvalue weighted by Crippen LogP contribution is -2.42. The van der Waals surface area contributed by atoms with Crippen molar-refractivity contribution in [1.29, 1.82) is 0 Å². The molecular formula is C12H12O5. The monoisotopic (exact) mass is 236 g/mol. The first-order valence-corrected chi connectivity index (χ1v) is 5.24. The van der Waals surface area contributed by atoms with E-state index in [9.17, 15) is 14.7 Å². The van der Waals surface area contributed by atoms with Crippen LogP contribution in [-0.2, 0) is 0 Å². The van der Waals surface area contributed by atoms with Crippen LogP contribution in [0.4, 0.5) is 0 Å². The van der Waals surface area contributed by atoms with Crippen molar-refractivity contribution in [2.24, 2.45) is 0 Å². The van der Waals surface area contributed by atoms with Gasteiger partial charge in [0.2, 0.25) is 5.78 Å². The average molecular weight is 236 g/mol. The van der Waals surface area contributed by atoms with E-state index in [0.717, 1.165) is 0 Å². The van der Waals surface area contributed by atoms with Gasteiger partial charge in [-0.25, -0.2) is 4.79 Å². The van der Waals surface area contributed by atoms with Crippen LogP contribution >= 0.6 is 0 Å². The number of aliphatic hydroxyl groups is 1. The van der Waals surface area contributed by atoms with Crippen LogP contribution in [0.3, 0.4) is 0 Å². The molecule has 0 saturated carbocycles. The quantitative estimate of drug-likeness (QED) is 0.787. The number of Topliss-reactive ketones (excluding diaryl/α,β-unsaturated/α-hetero) is 1. The number of ether oxygens (including phenoxy) is 1. The second-order valence-corrected chi connectivity index (χ2v) is 3.81. The van der Waals surface area contributed by atoms with E-state index in [4.69, 9.17) is 9.15 Å². The van der Waals surface area contributed by atoms with Crippen molar-refractivity contribution in [3.63, 3.8) is 0 Å². The number of allylic oxidation sites excluding steroid dienone is 1. The zero-order valence-electron chi connectivity index (χ0n) is 9.47. The maximum absolute atomic E-state index is 11.7. The minimum atomic E-state index is -1.32. The lowest BCUT2D eigenvalue weighted by atomic mass is 10.0. The summed E-state index contributed by atoms with van der Waals surface area (Å²) in [5.41, 5.74) is -1.00. The zero-order valence-corrected chi connectivity index (χ0v) is 9.47. The Morgan fingerprint density at radius 3 is 2.76 bits per heavy atom. The third-order valence-corrected chi connectivity index (χ3v) is 2.54. The van der Waals surface area contributed by atoms with E-state index in [1.807, 2.05) is 0 Å². The van der Waals surface area contributed by atoms with Gasteiger partial charge in [-0.1, -0.05) is 6.08 Å². The molecule has 0 aliphatic carbocycles. The molecular weight excluding hydrogens is 224 g/mol. The second kappa shape index (κ2) is 4.18. The lowest BCUT2D eigenvalue weighted by Gasteiger charge is -2.25. The first kappa shape index (κ1) is 11.6. The van der Waals surface area contributed by atoms with Crippen LogP contribution in [0.15, 0.2) is 21.4 Å². The van der Waals surface area contributed by atoms with Crippen LogP contribution in [0.2, 0.25) is 0 Å². The molecule has 0 saturated heterocycles. The Labute approximate surface area is 97.3 Å². The number of fused-ring (bicyclic) bond motifs is 1. The first-order chi connectivity index (χ1) is 8.04. The van der Waals surface area contributed by atoms with Crippen molar-refractivity contribution in [3.05, 3.63) is 33.9 Å². The Morgan fingerprint density at radius 2 is 2.12 bits per heavy atom. The van der Waals surface area contributed by atoms with Crippen molar-refractivity contribution in [2.75, 3.05) is 0 Å². The van der Waals surface area contributed by atoms with Gasteiger partial charge in [-0.2, -0.15) is 0 Å². The van der Waals surface area contributed by atoms with Gasteiger partial charge in [0.1, 0.15) is 23.2 Å². The van der Waals surface area contributed by atoms with Crippen molar-refractivity contribution in [3.8, 4) is 5.75 Å². The summed E-state index contributed by atoms with van der Waals surface area (Å²) in [6, 6.07) is 1.47. The first-order valence-electron chi connectivity index (χ1n) is 5.24. The topological polar surface area (TPSA) is 76.7 Å². The summed E-state index contributed by atoms with van der Waals surface area (Å²) >= 11 is 0. The maximum atomic E-state index is 11.7. The second-order valence-electron chi connectivity index (χ2n) is 3.81. The predicted molar refractivity (Wildman–Crippen MR) is 60.1 cm³/mol. The molecule has 0 bridgehead atoms. The van der Waals surface area contributed by atoms with Crippen molar-refractivity contribution >= 4 is 11.9 Å². The van der Waals surface area contributed by atoms with E-state index in [2.05, 4.69) is 0 Å². The number of ketones is 1. The van der Waals surface area contributed by atoms with E-state index < -0.39 is 23.6 Å². The Kier molecular flexibility index (Phi) is 2.85. The summed E-state index contributed by atoms with van der Waals surface area (Å²) in [5, 5.41) is 9.52. The van der Waals surface area contributed by atoms with Gasteiger partial charge < -0.3 is 14.3 Å². The third-order valence-electron chi connectivity index (χ3n) is 2.54. The van der Waals surface area contributed by atoms with Gasteiger partial charge in [-0.05, 0) is 19.9 Å². The highest BCUT2D eigenvalue weighted by Crippen LogP contribution is 2.26. The molecule has 2 atom stereocenters. The Balaban J connectivity index is 2.60. The molecule has 5 nitrogen and oxygen atoms in total. The van der Waals surface area contributed by atoms with Gasteiger partial charge in [0.15, 0.2) is 6.10 Å². The SMILES string of the molecule is C/C=C/c1cc2c(c(=O)o1)C(=O)[C@@H](O)[C@H](C)O2.